The topological polar surface area (TPSA) is 131 Å². The van der Waals surface area contributed by atoms with Crippen LogP contribution in [0.15, 0.2) is 24.3 Å². The molecule has 366 valence electrons. The predicted octanol–water partition coefficient (Wildman–Crippen LogP) is 15.5. The Bertz CT molecular complexity index is 1070. The van der Waals surface area contributed by atoms with E-state index >= 15 is 0 Å². The maximum absolute atomic E-state index is 12.2. The van der Waals surface area contributed by atoms with Crippen molar-refractivity contribution >= 4 is 19.7 Å². The molecule has 10 heteroatoms. The van der Waals surface area contributed by atoms with Gasteiger partial charge in [0.1, 0.15) is 12.7 Å². The molecule has 0 aromatic carbocycles. The lowest BCUT2D eigenvalue weighted by Gasteiger charge is -2.15. The highest BCUT2D eigenvalue weighted by Gasteiger charge is 2.23. The molecule has 9 nitrogen and oxygen atoms in total. The van der Waals surface area contributed by atoms with E-state index in [0.29, 0.717) is 6.42 Å². The molecule has 0 aromatic rings. The zero-order valence-electron chi connectivity index (χ0n) is 40.6. The Morgan fingerprint density at radius 1 is 0.500 bits per heavy atom. The molecular formula is C52H100NO8P. The minimum Gasteiger partial charge on any atom is -0.463 e. The monoisotopic (exact) mass is 898 g/mol. The van der Waals surface area contributed by atoms with Gasteiger partial charge in [0.2, 0.25) is 5.91 Å². The molecule has 1 amide bonds. The Balaban J connectivity index is 3.52. The van der Waals surface area contributed by atoms with Crippen molar-refractivity contribution in [3.05, 3.63) is 24.3 Å². The maximum Gasteiger partial charge on any atom is 0.472 e. The van der Waals surface area contributed by atoms with Crippen LogP contribution in [0.3, 0.4) is 0 Å². The summed E-state index contributed by atoms with van der Waals surface area (Å²) in [5, 5.41) is 12.8. The van der Waals surface area contributed by atoms with Crippen LogP contribution in [0.1, 0.15) is 264 Å². The highest BCUT2D eigenvalue weighted by atomic mass is 31.2. The number of esters is 1. The number of hydrogen-bond acceptors (Lipinski definition) is 7. The van der Waals surface area contributed by atoms with Crippen LogP contribution in [0.5, 0.6) is 0 Å². The molecule has 0 aliphatic rings. The minimum absolute atomic E-state index is 0.0859. The number of hydrogen-bond donors (Lipinski definition) is 3. The van der Waals surface area contributed by atoms with Crippen LogP contribution in [0, 0.1) is 0 Å². The number of allylic oxidation sites excluding steroid dienone is 4. The SMILES string of the molecule is CCCCC/C=C\C/C=C\CCCCCCCCCCCCCC(=O)OCC(O)COP(=O)(O)OCCNC(=O)CCCCCCCCCCCCCCCCCCCCCC. The number of phosphoric acid groups is 1. The Labute approximate surface area is 382 Å². The average Bonchev–Trinajstić information content (AvgIpc) is 3.26. The number of carbonyl (C=O) groups excluding carboxylic acids is 2. The molecule has 0 saturated carbocycles. The molecule has 2 unspecified atom stereocenters. The molecule has 62 heavy (non-hydrogen) atoms. The van der Waals surface area contributed by atoms with Gasteiger partial charge < -0.3 is 20.1 Å². The molecule has 2 atom stereocenters. The predicted molar refractivity (Wildman–Crippen MR) is 261 cm³/mol. The number of rotatable bonds is 50. The van der Waals surface area contributed by atoms with Crippen molar-refractivity contribution in [2.24, 2.45) is 0 Å². The van der Waals surface area contributed by atoms with E-state index in [1.54, 1.807) is 0 Å². The van der Waals surface area contributed by atoms with Gasteiger partial charge in [-0.3, -0.25) is 18.6 Å². The van der Waals surface area contributed by atoms with Crippen molar-refractivity contribution in [3.63, 3.8) is 0 Å². The van der Waals surface area contributed by atoms with E-state index in [2.05, 4.69) is 43.5 Å². The summed E-state index contributed by atoms with van der Waals surface area (Å²) in [6, 6.07) is 0. The quantitative estimate of drug-likeness (QED) is 0.0238. The molecule has 0 spiro atoms. The van der Waals surface area contributed by atoms with Crippen LogP contribution >= 0.6 is 7.82 Å². The molecule has 0 aliphatic heterocycles. The minimum atomic E-state index is -4.42. The van der Waals surface area contributed by atoms with Crippen LogP contribution in [0.25, 0.3) is 0 Å². The summed E-state index contributed by atoms with van der Waals surface area (Å²) in [6.45, 7) is 3.58. The van der Waals surface area contributed by atoms with E-state index < -0.39 is 26.5 Å². The van der Waals surface area contributed by atoms with Gasteiger partial charge in [-0.25, -0.2) is 4.57 Å². The third-order valence-corrected chi connectivity index (χ3v) is 12.6. The van der Waals surface area contributed by atoms with Crippen LogP contribution in [0.4, 0.5) is 0 Å². The smallest absolute Gasteiger partial charge is 0.463 e. The summed E-state index contributed by atoms with van der Waals surface area (Å²) in [7, 11) is -4.42. The van der Waals surface area contributed by atoms with Crippen LogP contribution in [-0.2, 0) is 27.9 Å². The van der Waals surface area contributed by atoms with Gasteiger partial charge in [-0.1, -0.05) is 231 Å². The first-order valence-corrected chi connectivity index (χ1v) is 27.8. The molecule has 0 aromatic heterocycles. The molecule has 0 bridgehead atoms. The Morgan fingerprint density at radius 2 is 0.871 bits per heavy atom. The highest BCUT2D eigenvalue weighted by Crippen LogP contribution is 2.42. The summed E-state index contributed by atoms with van der Waals surface area (Å²) < 4.78 is 27.0. The van der Waals surface area contributed by atoms with E-state index in [1.807, 2.05) is 0 Å². The molecule has 0 rings (SSSR count). The van der Waals surface area contributed by atoms with Crippen LogP contribution in [0.2, 0.25) is 0 Å². The lowest BCUT2D eigenvalue weighted by Crippen LogP contribution is -2.27. The normalized spacial score (nSPS) is 13.3. The number of amides is 1. The molecular weight excluding hydrogens is 798 g/mol. The van der Waals surface area contributed by atoms with Crippen molar-refractivity contribution in [1.29, 1.82) is 0 Å². The van der Waals surface area contributed by atoms with Gasteiger partial charge >= 0.3 is 13.8 Å². The lowest BCUT2D eigenvalue weighted by molar-refractivity contribution is -0.147. The Morgan fingerprint density at radius 3 is 1.32 bits per heavy atom. The number of phosphoric ester groups is 1. The van der Waals surface area contributed by atoms with Gasteiger partial charge in [-0.2, -0.15) is 0 Å². The first kappa shape index (κ1) is 60.5. The molecule has 0 aliphatic carbocycles. The van der Waals surface area contributed by atoms with Gasteiger partial charge in [-0.05, 0) is 44.9 Å². The number of aliphatic hydroxyl groups excluding tert-OH is 1. The molecule has 0 radical (unpaired) electrons. The van der Waals surface area contributed by atoms with Gasteiger partial charge in [0.15, 0.2) is 0 Å². The summed E-state index contributed by atoms with van der Waals surface area (Å²) in [6.07, 6.45) is 55.5. The van der Waals surface area contributed by atoms with E-state index in [1.165, 1.54) is 193 Å². The summed E-state index contributed by atoms with van der Waals surface area (Å²) in [5.74, 6) is -0.506. The van der Waals surface area contributed by atoms with Crippen molar-refractivity contribution in [2.75, 3.05) is 26.4 Å². The largest absolute Gasteiger partial charge is 0.472 e. The Kier molecular flexibility index (Phi) is 47.7. The standard InChI is InChI=1S/C52H100NO8P/c1-3-5-7-9-11-13-15-17-19-21-23-25-27-29-31-33-35-37-39-41-43-45-52(56)59-48-50(54)49-61-62(57,58)60-47-46-53-51(55)44-42-40-38-36-34-32-30-28-26-24-22-20-18-16-14-12-10-8-6-4-2/h11,13,17,19,50,54H,3-10,12,14-16,18,20-49H2,1-2H3,(H,53,55)(H,57,58)/b13-11-,19-17-. The van der Waals surface area contributed by atoms with Crippen molar-refractivity contribution in [2.45, 2.75) is 270 Å². The second-order valence-corrected chi connectivity index (χ2v) is 19.3. The molecule has 0 saturated heterocycles. The highest BCUT2D eigenvalue weighted by molar-refractivity contribution is 7.47. The summed E-state index contributed by atoms with van der Waals surface area (Å²) in [5.41, 5.74) is 0. The number of unbranched alkanes of at least 4 members (excludes halogenated alkanes) is 33. The Hall–Kier alpha value is -1.51. The first-order chi connectivity index (χ1) is 30.3. The summed E-state index contributed by atoms with van der Waals surface area (Å²) in [4.78, 5) is 34.1. The van der Waals surface area contributed by atoms with Crippen molar-refractivity contribution < 1.29 is 37.9 Å². The van der Waals surface area contributed by atoms with E-state index in [4.69, 9.17) is 13.8 Å². The van der Waals surface area contributed by atoms with Gasteiger partial charge in [0.25, 0.3) is 0 Å². The third kappa shape index (κ3) is 49.5. The third-order valence-electron chi connectivity index (χ3n) is 11.6. The van der Waals surface area contributed by atoms with Gasteiger partial charge in [0, 0.05) is 19.4 Å². The number of nitrogens with one attached hydrogen (secondary N) is 1. The second-order valence-electron chi connectivity index (χ2n) is 17.9. The average molecular weight is 898 g/mol. The number of carbonyl (C=O) groups is 2. The fourth-order valence-electron chi connectivity index (χ4n) is 7.65. The van der Waals surface area contributed by atoms with Gasteiger partial charge in [-0.15, -0.1) is 0 Å². The van der Waals surface area contributed by atoms with Crippen LogP contribution < -0.4 is 5.32 Å². The van der Waals surface area contributed by atoms with Crippen molar-refractivity contribution in [1.82, 2.24) is 5.32 Å². The number of aliphatic hydroxyl groups is 1. The second kappa shape index (κ2) is 48.9. The zero-order chi connectivity index (χ0) is 45.3. The van der Waals surface area contributed by atoms with Gasteiger partial charge in [0.05, 0.1) is 13.2 Å². The maximum atomic E-state index is 12.2. The number of ether oxygens (including phenoxy) is 1. The zero-order valence-corrected chi connectivity index (χ0v) is 41.5. The van der Waals surface area contributed by atoms with E-state index in [9.17, 15) is 24.2 Å². The van der Waals surface area contributed by atoms with Crippen molar-refractivity contribution in [3.8, 4) is 0 Å². The lowest BCUT2D eigenvalue weighted by atomic mass is 10.0. The fourth-order valence-corrected chi connectivity index (χ4v) is 8.41. The first-order valence-electron chi connectivity index (χ1n) is 26.3. The summed E-state index contributed by atoms with van der Waals surface area (Å²) >= 11 is 0. The molecule has 0 heterocycles. The van der Waals surface area contributed by atoms with E-state index in [0.717, 1.165) is 44.9 Å². The molecule has 3 N–H and O–H groups in total. The fraction of sp³-hybridized carbons (Fsp3) is 0.885. The van der Waals surface area contributed by atoms with Crippen LogP contribution in [-0.4, -0.2) is 54.3 Å². The van der Waals surface area contributed by atoms with E-state index in [-0.39, 0.29) is 32.1 Å². The molecule has 0 fully saturated rings.